The molecule has 0 bridgehead atoms. The third kappa shape index (κ3) is 5.13. The van der Waals surface area contributed by atoms with Crippen molar-refractivity contribution in [3.05, 3.63) is 161 Å². The van der Waals surface area contributed by atoms with Gasteiger partial charge in [0.2, 0.25) is 0 Å². The third-order valence-electron chi connectivity index (χ3n) is 10.6. The summed E-state index contributed by atoms with van der Waals surface area (Å²) in [5.41, 5.74) is 13.2. The van der Waals surface area contributed by atoms with Gasteiger partial charge in [0, 0.05) is 22.4 Å². The van der Waals surface area contributed by atoms with Crippen LogP contribution < -0.4 is 0 Å². The fourth-order valence-electron chi connectivity index (χ4n) is 8.18. The summed E-state index contributed by atoms with van der Waals surface area (Å²) in [6, 6.07) is 33.5. The second-order valence-corrected chi connectivity index (χ2v) is 17.1. The fraction of sp³-hybridized carbons (Fsp3) is 0.265. The first-order valence-electron chi connectivity index (χ1n) is 20.3. The molecule has 7 aromatic rings. The van der Waals surface area contributed by atoms with Crippen LogP contribution in [-0.4, -0.2) is 4.57 Å². The van der Waals surface area contributed by atoms with E-state index >= 15 is 0 Å². The average Bonchev–Trinajstić information content (AvgIpc) is 3.65. The molecule has 0 saturated heterocycles. The Morgan fingerprint density at radius 2 is 1.04 bits per heavy atom. The predicted molar refractivity (Wildman–Crippen MR) is 215 cm³/mol. The first kappa shape index (κ1) is 26.9. The molecule has 1 aromatic heterocycles. The molecule has 0 fully saturated rings. The van der Waals surface area contributed by atoms with Crippen molar-refractivity contribution in [1.82, 2.24) is 4.57 Å². The Hall–Kier alpha value is -4.88. The summed E-state index contributed by atoms with van der Waals surface area (Å²) < 4.78 is 46.4. The predicted octanol–water partition coefficient (Wildman–Crippen LogP) is 13.5. The van der Waals surface area contributed by atoms with Gasteiger partial charge in [-0.2, -0.15) is 0 Å². The molecule has 1 heteroatoms. The smallest absolute Gasteiger partial charge is 0.0629 e. The molecule has 0 spiro atoms. The molecule has 0 unspecified atom stereocenters. The highest BCUT2D eigenvalue weighted by Gasteiger charge is 2.35. The number of nitrogens with zero attached hydrogens (tertiary/aromatic N) is 1. The van der Waals surface area contributed by atoms with Crippen LogP contribution in [0.15, 0.2) is 127 Å². The van der Waals surface area contributed by atoms with Crippen LogP contribution in [0.1, 0.15) is 108 Å². The van der Waals surface area contributed by atoms with Gasteiger partial charge in [0.15, 0.2) is 0 Å². The Bertz CT molecular complexity index is 2610. The molecule has 0 saturated carbocycles. The molecule has 250 valence electrons. The van der Waals surface area contributed by atoms with Crippen LogP contribution >= 0.6 is 0 Å². The third-order valence-corrected chi connectivity index (χ3v) is 10.6. The Morgan fingerprint density at radius 3 is 1.60 bits per heavy atom. The van der Waals surface area contributed by atoms with Crippen LogP contribution in [0, 0.1) is 0 Å². The van der Waals surface area contributed by atoms with Crippen molar-refractivity contribution in [2.45, 2.75) is 84.5 Å². The summed E-state index contributed by atoms with van der Waals surface area (Å²) in [7, 11) is 0. The van der Waals surface area contributed by atoms with E-state index in [0.717, 1.165) is 27.5 Å². The largest absolute Gasteiger partial charge is 0.309 e. The van der Waals surface area contributed by atoms with E-state index in [4.69, 9.17) is 6.85 Å². The molecule has 0 atom stereocenters. The van der Waals surface area contributed by atoms with Gasteiger partial charge < -0.3 is 4.57 Å². The summed E-state index contributed by atoms with van der Waals surface area (Å²) in [5, 5.41) is 1.93. The van der Waals surface area contributed by atoms with E-state index in [9.17, 15) is 0 Å². The molecular formula is C49H49N. The molecule has 0 aliphatic heterocycles. The highest BCUT2D eigenvalue weighted by Crippen LogP contribution is 2.53. The molecule has 0 amide bonds. The summed E-state index contributed by atoms with van der Waals surface area (Å²) in [4.78, 5) is 0. The number of aromatic nitrogens is 1. The van der Waals surface area contributed by atoms with Gasteiger partial charge in [-0.1, -0.05) is 165 Å². The minimum atomic E-state index is -0.390. The van der Waals surface area contributed by atoms with E-state index < -0.39 is 6.04 Å². The number of hydrogen-bond acceptors (Lipinski definition) is 0. The number of rotatable bonds is 3. The second-order valence-electron chi connectivity index (χ2n) is 17.1. The Balaban J connectivity index is 1.60. The van der Waals surface area contributed by atoms with Crippen molar-refractivity contribution in [3.8, 4) is 27.9 Å². The molecule has 0 radical (unpaired) electrons. The van der Waals surface area contributed by atoms with Gasteiger partial charge in [0.25, 0.3) is 0 Å². The molecular weight excluding hydrogens is 603 g/mol. The van der Waals surface area contributed by atoms with E-state index in [1.807, 2.05) is 12.1 Å². The van der Waals surface area contributed by atoms with E-state index in [2.05, 4.69) is 152 Å². The summed E-state index contributed by atoms with van der Waals surface area (Å²) in [6.07, 6.45) is 0. The van der Waals surface area contributed by atoms with Crippen LogP contribution in [0.2, 0.25) is 0 Å². The molecule has 8 rings (SSSR count). The van der Waals surface area contributed by atoms with Crippen LogP contribution in [-0.2, 0) is 16.2 Å². The van der Waals surface area contributed by atoms with E-state index in [-0.39, 0.29) is 51.9 Å². The highest BCUT2D eigenvalue weighted by atomic mass is 15.0. The topological polar surface area (TPSA) is 4.93 Å². The van der Waals surface area contributed by atoms with Gasteiger partial charge in [-0.05, 0) is 96.1 Å². The molecule has 1 aliphatic rings. The molecule has 50 heavy (non-hydrogen) atoms. The number of benzene rings is 6. The van der Waals surface area contributed by atoms with Crippen LogP contribution in [0.3, 0.4) is 0 Å². The lowest BCUT2D eigenvalue weighted by Gasteiger charge is -2.29. The van der Waals surface area contributed by atoms with E-state index in [0.29, 0.717) is 5.56 Å². The summed E-state index contributed by atoms with van der Waals surface area (Å²) in [6.45, 7) is 20.3. The van der Waals surface area contributed by atoms with Crippen LogP contribution in [0.25, 0.3) is 49.7 Å². The van der Waals surface area contributed by atoms with Crippen molar-refractivity contribution >= 4 is 21.8 Å². The van der Waals surface area contributed by atoms with Crippen molar-refractivity contribution < 1.29 is 6.85 Å². The zero-order chi connectivity index (χ0) is 39.5. The quantitative estimate of drug-likeness (QED) is 0.178. The van der Waals surface area contributed by atoms with Gasteiger partial charge >= 0.3 is 0 Å². The lowest BCUT2D eigenvalue weighted by molar-refractivity contribution is 0.568. The van der Waals surface area contributed by atoms with Gasteiger partial charge in [-0.3, -0.25) is 0 Å². The first-order valence-corrected chi connectivity index (χ1v) is 17.8. The number of fused-ring (bicyclic) bond motifs is 6. The maximum atomic E-state index is 9.16. The lowest BCUT2D eigenvalue weighted by Crippen LogP contribution is -2.18. The van der Waals surface area contributed by atoms with Crippen LogP contribution in [0.4, 0.5) is 0 Å². The normalized spacial score (nSPS) is 15.0. The zero-order valence-electron chi connectivity index (χ0n) is 35.8. The minimum Gasteiger partial charge on any atom is -0.309 e. The fourth-order valence-corrected chi connectivity index (χ4v) is 8.18. The Morgan fingerprint density at radius 1 is 0.500 bits per heavy atom. The molecule has 0 N–H and O–H groups in total. The maximum absolute atomic E-state index is 9.16. The Kier molecular flexibility index (Phi) is 6.10. The minimum absolute atomic E-state index is 0.00550. The maximum Gasteiger partial charge on any atom is 0.0629 e. The highest BCUT2D eigenvalue weighted by molar-refractivity contribution is 6.17. The monoisotopic (exact) mass is 656 g/mol. The molecule has 1 nitrogen and oxygen atoms in total. The molecule has 6 aromatic carbocycles. The lowest BCUT2D eigenvalue weighted by atomic mass is 9.75. The van der Waals surface area contributed by atoms with E-state index in [1.165, 1.54) is 44.5 Å². The van der Waals surface area contributed by atoms with Crippen molar-refractivity contribution in [2.24, 2.45) is 0 Å². The first-order chi connectivity index (χ1) is 25.8. The second kappa shape index (κ2) is 11.3. The van der Waals surface area contributed by atoms with Crippen molar-refractivity contribution in [1.29, 1.82) is 0 Å². The van der Waals surface area contributed by atoms with Gasteiger partial charge in [0.05, 0.1) is 17.9 Å². The van der Waals surface area contributed by atoms with Gasteiger partial charge in [-0.15, -0.1) is 0 Å². The molecule has 1 aliphatic carbocycles. The number of hydrogen-bond donors (Lipinski definition) is 0. The average molecular weight is 657 g/mol. The standard InChI is InChI=1S/C49H49N/c1-47(2,3)32-28-33(48(4,5)6)30-34(29-32)50-41-25-17-24-35(31-18-11-10-12-19-31)44(41)45-42(50)27-26-40(46(45)49(7,8)9)43-38-22-15-13-20-36(38)37-21-14-16-23-39(37)43/h10-30,43H,1-9H3/i10D,11D,12D,18D,19D. The molecule has 1 heterocycles. The van der Waals surface area contributed by atoms with E-state index in [1.54, 1.807) is 0 Å². The van der Waals surface area contributed by atoms with Gasteiger partial charge in [-0.25, -0.2) is 0 Å². The Labute approximate surface area is 305 Å². The van der Waals surface area contributed by atoms with Crippen molar-refractivity contribution in [2.75, 3.05) is 0 Å². The van der Waals surface area contributed by atoms with Crippen LogP contribution in [0.5, 0.6) is 0 Å². The zero-order valence-corrected chi connectivity index (χ0v) is 30.8. The SMILES string of the molecule is [2H]c1c([2H])c([2H])c(-c2cccc3c2c2c(C(C)(C)C)c(C4c5ccccc5-c5ccccc54)ccc2n3-c2cc(C(C)(C)C)cc(C(C)(C)C)c2)c([2H])c1[2H]. The van der Waals surface area contributed by atoms with Crippen molar-refractivity contribution in [3.63, 3.8) is 0 Å². The van der Waals surface area contributed by atoms with Gasteiger partial charge in [0.1, 0.15) is 0 Å². The summed E-state index contributed by atoms with van der Waals surface area (Å²) >= 11 is 0. The summed E-state index contributed by atoms with van der Waals surface area (Å²) in [5.74, 6) is -0.00550.